The molecule has 2 aromatic carbocycles. The fourth-order valence-electron chi connectivity index (χ4n) is 3.85. The zero-order chi connectivity index (χ0) is 22.7. The second kappa shape index (κ2) is 9.42. The predicted octanol–water partition coefficient (Wildman–Crippen LogP) is 4.40. The Morgan fingerprint density at radius 2 is 1.94 bits per heavy atom. The van der Waals surface area contributed by atoms with E-state index < -0.39 is 0 Å². The quantitative estimate of drug-likeness (QED) is 0.522. The first-order valence-corrected chi connectivity index (χ1v) is 10.9. The molecule has 7 nitrogen and oxygen atoms in total. The topological polar surface area (TPSA) is 77.7 Å². The molecule has 3 aromatic rings. The summed E-state index contributed by atoms with van der Waals surface area (Å²) in [5, 5.41) is 4.14. The minimum absolute atomic E-state index is 0.0420. The van der Waals surface area contributed by atoms with Crippen molar-refractivity contribution in [2.45, 2.75) is 45.6 Å². The molecule has 168 valence electrons. The van der Waals surface area contributed by atoms with Crippen molar-refractivity contribution in [3.05, 3.63) is 59.5 Å². The van der Waals surface area contributed by atoms with Crippen molar-refractivity contribution in [1.29, 1.82) is 0 Å². The van der Waals surface area contributed by atoms with E-state index in [1.165, 1.54) is 11.1 Å². The van der Waals surface area contributed by atoms with Gasteiger partial charge in [0.1, 0.15) is 0 Å². The second-order valence-corrected chi connectivity index (χ2v) is 8.46. The molecule has 1 unspecified atom stereocenters. The van der Waals surface area contributed by atoms with Crippen molar-refractivity contribution in [3.8, 4) is 22.9 Å². The van der Waals surface area contributed by atoms with Gasteiger partial charge in [-0.2, -0.15) is 4.98 Å². The molecule has 1 fully saturated rings. The fraction of sp³-hybridized carbons (Fsp3) is 0.400. The summed E-state index contributed by atoms with van der Waals surface area (Å²) in [6.07, 6.45) is 1.26. The van der Waals surface area contributed by atoms with E-state index >= 15 is 0 Å². The van der Waals surface area contributed by atoms with Gasteiger partial charge in [0.25, 0.3) is 0 Å². The van der Waals surface area contributed by atoms with Crippen LogP contribution in [0.2, 0.25) is 0 Å². The molecule has 0 spiro atoms. The van der Waals surface area contributed by atoms with Crippen LogP contribution in [0.25, 0.3) is 11.4 Å². The first-order valence-electron chi connectivity index (χ1n) is 10.9. The molecule has 1 aliphatic heterocycles. The summed E-state index contributed by atoms with van der Waals surface area (Å²) in [5.74, 6) is 2.28. The predicted molar refractivity (Wildman–Crippen MR) is 121 cm³/mol. The molecule has 1 saturated heterocycles. The molecule has 0 N–H and O–H groups in total. The molecule has 0 saturated carbocycles. The number of methoxy groups -OCH3 is 1. The van der Waals surface area contributed by atoms with E-state index in [1.54, 1.807) is 7.11 Å². The zero-order valence-electron chi connectivity index (χ0n) is 19.0. The minimum atomic E-state index is -0.0905. The molecule has 4 rings (SSSR count). The van der Waals surface area contributed by atoms with E-state index in [9.17, 15) is 4.79 Å². The lowest BCUT2D eigenvalue weighted by molar-refractivity contribution is -0.127. The third-order valence-electron chi connectivity index (χ3n) is 5.58. The van der Waals surface area contributed by atoms with Gasteiger partial charge in [0, 0.05) is 25.1 Å². The lowest BCUT2D eigenvalue weighted by Crippen LogP contribution is -2.27. The van der Waals surface area contributed by atoms with E-state index in [-0.39, 0.29) is 17.9 Å². The molecule has 32 heavy (non-hydrogen) atoms. The standard InChI is InChI=1S/C25H29N3O4/c1-16(2)31-21-10-9-19(13-22(21)30-4)24-26-25(32-27-24)20-14-23(29)28(15-20)12-11-18-7-5-17(3)6-8-18/h5-10,13,16,20H,11-12,14-15H2,1-4H3. The summed E-state index contributed by atoms with van der Waals surface area (Å²) in [6.45, 7) is 7.28. The van der Waals surface area contributed by atoms with Gasteiger partial charge in [0.05, 0.1) is 19.1 Å². The lowest BCUT2D eigenvalue weighted by atomic mass is 10.1. The monoisotopic (exact) mass is 435 g/mol. The molecular formula is C25H29N3O4. The van der Waals surface area contributed by atoms with E-state index in [4.69, 9.17) is 14.0 Å². The highest BCUT2D eigenvalue weighted by atomic mass is 16.5. The highest BCUT2D eigenvalue weighted by molar-refractivity contribution is 5.79. The van der Waals surface area contributed by atoms with E-state index in [1.807, 2.05) is 36.9 Å². The summed E-state index contributed by atoms with van der Waals surface area (Å²) in [7, 11) is 1.60. The van der Waals surface area contributed by atoms with Crippen LogP contribution >= 0.6 is 0 Å². The second-order valence-electron chi connectivity index (χ2n) is 8.46. The Morgan fingerprint density at radius 3 is 2.66 bits per heavy atom. The van der Waals surface area contributed by atoms with Crippen LogP contribution in [0.15, 0.2) is 47.0 Å². The van der Waals surface area contributed by atoms with Gasteiger partial charge in [-0.1, -0.05) is 35.0 Å². The first-order chi connectivity index (χ1) is 15.4. The Labute approximate surface area is 188 Å². The maximum absolute atomic E-state index is 12.5. The molecule has 1 atom stereocenters. The third-order valence-corrected chi connectivity index (χ3v) is 5.58. The summed E-state index contributed by atoms with van der Waals surface area (Å²) >= 11 is 0. The molecule has 7 heteroatoms. The van der Waals surface area contributed by atoms with Gasteiger partial charge in [-0.25, -0.2) is 0 Å². The Kier molecular flexibility index (Phi) is 6.44. The molecule has 1 amide bonds. The number of benzene rings is 2. The molecule has 0 bridgehead atoms. The van der Waals surface area contributed by atoms with E-state index in [2.05, 4.69) is 41.3 Å². The van der Waals surface area contributed by atoms with Gasteiger partial charge < -0.3 is 18.9 Å². The molecular weight excluding hydrogens is 406 g/mol. The largest absolute Gasteiger partial charge is 0.493 e. The number of carbonyl (C=O) groups is 1. The van der Waals surface area contributed by atoms with E-state index in [0.717, 1.165) is 12.0 Å². The van der Waals surface area contributed by atoms with Crippen molar-refractivity contribution in [2.75, 3.05) is 20.2 Å². The lowest BCUT2D eigenvalue weighted by Gasteiger charge is -2.15. The first kappa shape index (κ1) is 21.9. The number of hydrogen-bond acceptors (Lipinski definition) is 6. The number of nitrogens with zero attached hydrogens (tertiary/aromatic N) is 3. The normalized spacial score (nSPS) is 16.1. The number of hydrogen-bond donors (Lipinski definition) is 0. The van der Waals surface area contributed by atoms with Gasteiger partial charge in [0.15, 0.2) is 11.5 Å². The molecule has 1 aliphatic rings. The molecule has 2 heterocycles. The van der Waals surface area contributed by atoms with Crippen LogP contribution in [-0.2, 0) is 11.2 Å². The van der Waals surface area contributed by atoms with Crippen LogP contribution in [0.1, 0.15) is 43.2 Å². The van der Waals surface area contributed by atoms with Crippen molar-refractivity contribution in [2.24, 2.45) is 0 Å². The van der Waals surface area contributed by atoms with Gasteiger partial charge in [-0.05, 0) is 51.0 Å². The number of amides is 1. The van der Waals surface area contributed by atoms with Crippen molar-refractivity contribution >= 4 is 5.91 Å². The van der Waals surface area contributed by atoms with Crippen molar-refractivity contribution in [3.63, 3.8) is 0 Å². The summed E-state index contributed by atoms with van der Waals surface area (Å²) in [5.41, 5.74) is 3.23. The average Bonchev–Trinajstić information content (AvgIpc) is 3.40. The van der Waals surface area contributed by atoms with Crippen molar-refractivity contribution in [1.82, 2.24) is 15.0 Å². The van der Waals surface area contributed by atoms with Crippen LogP contribution < -0.4 is 9.47 Å². The Hall–Kier alpha value is -3.35. The van der Waals surface area contributed by atoms with Crippen LogP contribution in [0.4, 0.5) is 0 Å². The Balaban J connectivity index is 1.42. The fourth-order valence-corrected chi connectivity index (χ4v) is 3.85. The molecule has 0 aliphatic carbocycles. The number of aryl methyl sites for hydroxylation is 1. The SMILES string of the molecule is COc1cc(-c2noc(C3CC(=O)N(CCc4ccc(C)cc4)C3)n2)ccc1OC(C)C. The zero-order valence-corrected chi connectivity index (χ0v) is 19.0. The Bertz CT molecular complexity index is 1080. The minimum Gasteiger partial charge on any atom is -0.493 e. The van der Waals surface area contributed by atoms with Crippen LogP contribution in [0, 0.1) is 6.92 Å². The molecule has 0 radical (unpaired) electrons. The van der Waals surface area contributed by atoms with Crippen LogP contribution in [0.3, 0.4) is 0 Å². The number of aromatic nitrogens is 2. The number of likely N-dealkylation sites (tertiary alicyclic amines) is 1. The number of carbonyl (C=O) groups excluding carboxylic acids is 1. The van der Waals surface area contributed by atoms with Gasteiger partial charge in [-0.3, -0.25) is 4.79 Å². The highest BCUT2D eigenvalue weighted by Crippen LogP contribution is 2.34. The maximum Gasteiger partial charge on any atom is 0.232 e. The average molecular weight is 436 g/mol. The van der Waals surface area contributed by atoms with Crippen LogP contribution in [0.5, 0.6) is 11.5 Å². The number of ether oxygens (including phenoxy) is 2. The number of rotatable bonds is 8. The third kappa shape index (κ3) is 4.93. The van der Waals surface area contributed by atoms with Crippen LogP contribution in [-0.4, -0.2) is 47.3 Å². The van der Waals surface area contributed by atoms with Gasteiger partial charge in [-0.15, -0.1) is 0 Å². The Morgan fingerprint density at radius 1 is 1.16 bits per heavy atom. The highest BCUT2D eigenvalue weighted by Gasteiger charge is 2.34. The van der Waals surface area contributed by atoms with Gasteiger partial charge >= 0.3 is 0 Å². The van der Waals surface area contributed by atoms with E-state index in [0.29, 0.717) is 42.7 Å². The summed E-state index contributed by atoms with van der Waals surface area (Å²) in [6, 6.07) is 14.0. The van der Waals surface area contributed by atoms with Gasteiger partial charge in [0.2, 0.25) is 17.6 Å². The summed E-state index contributed by atoms with van der Waals surface area (Å²) in [4.78, 5) is 19.0. The molecule has 1 aromatic heterocycles. The maximum atomic E-state index is 12.5. The van der Waals surface area contributed by atoms with Crippen molar-refractivity contribution < 1.29 is 18.8 Å². The summed E-state index contributed by atoms with van der Waals surface area (Å²) < 4.78 is 16.7. The smallest absolute Gasteiger partial charge is 0.232 e.